The van der Waals surface area contributed by atoms with Crippen LogP contribution >= 0.6 is 0 Å². The first-order valence-corrected chi connectivity index (χ1v) is 8.06. The molecule has 0 fully saturated rings. The van der Waals surface area contributed by atoms with Crippen molar-refractivity contribution >= 4 is 17.6 Å². The summed E-state index contributed by atoms with van der Waals surface area (Å²) in [5.41, 5.74) is -0.658. The van der Waals surface area contributed by atoms with Crippen molar-refractivity contribution in [3.05, 3.63) is 59.7 Å². The first kappa shape index (κ1) is 20.3. The molecule has 1 amide bonds. The van der Waals surface area contributed by atoms with Crippen LogP contribution in [-0.2, 0) is 11.0 Å². The topological polar surface area (TPSA) is 75.6 Å². The van der Waals surface area contributed by atoms with E-state index in [9.17, 15) is 22.8 Å². The van der Waals surface area contributed by atoms with Crippen LogP contribution in [-0.4, -0.2) is 23.1 Å². The standard InChI is InChI=1S/C19H18F3NO4/c1-11(2)16(18(25)26)27-15-8-6-12(7-9-15)17(24)23-14-5-3-4-13(10-14)19(20,21)22/h3-11,16H,1-2H3,(H,23,24)(H,25,26). The molecule has 0 spiro atoms. The molecule has 8 heteroatoms. The molecule has 0 saturated heterocycles. The third-order valence-corrected chi connectivity index (χ3v) is 3.68. The minimum absolute atomic E-state index is 0.0147. The molecule has 0 bridgehead atoms. The smallest absolute Gasteiger partial charge is 0.416 e. The fourth-order valence-electron chi connectivity index (χ4n) is 2.28. The van der Waals surface area contributed by atoms with Crippen molar-refractivity contribution in [2.24, 2.45) is 5.92 Å². The van der Waals surface area contributed by atoms with Crippen LogP contribution in [0.5, 0.6) is 5.75 Å². The van der Waals surface area contributed by atoms with Gasteiger partial charge in [-0.1, -0.05) is 19.9 Å². The van der Waals surface area contributed by atoms with Crippen LogP contribution in [0.3, 0.4) is 0 Å². The molecule has 144 valence electrons. The molecule has 0 radical (unpaired) electrons. The fourth-order valence-corrected chi connectivity index (χ4v) is 2.28. The zero-order chi connectivity index (χ0) is 20.2. The number of carboxylic acids is 1. The molecule has 0 aromatic heterocycles. The van der Waals surface area contributed by atoms with Gasteiger partial charge in [0.1, 0.15) is 5.75 Å². The number of amides is 1. The van der Waals surface area contributed by atoms with E-state index in [1.54, 1.807) is 13.8 Å². The third-order valence-electron chi connectivity index (χ3n) is 3.68. The second-order valence-corrected chi connectivity index (χ2v) is 6.18. The molecule has 2 rings (SSSR count). The van der Waals surface area contributed by atoms with E-state index in [4.69, 9.17) is 9.84 Å². The van der Waals surface area contributed by atoms with E-state index in [2.05, 4.69) is 5.32 Å². The van der Waals surface area contributed by atoms with Gasteiger partial charge in [-0.25, -0.2) is 4.79 Å². The molecular weight excluding hydrogens is 363 g/mol. The van der Waals surface area contributed by atoms with E-state index in [-0.39, 0.29) is 22.9 Å². The van der Waals surface area contributed by atoms with Gasteiger partial charge >= 0.3 is 12.1 Å². The van der Waals surface area contributed by atoms with Gasteiger partial charge in [0.25, 0.3) is 5.91 Å². The van der Waals surface area contributed by atoms with Crippen LogP contribution in [0.4, 0.5) is 18.9 Å². The van der Waals surface area contributed by atoms with Crippen molar-refractivity contribution in [2.45, 2.75) is 26.1 Å². The second-order valence-electron chi connectivity index (χ2n) is 6.18. The predicted octanol–water partition coefficient (Wildman–Crippen LogP) is 4.45. The number of benzene rings is 2. The molecule has 0 aliphatic carbocycles. The van der Waals surface area contributed by atoms with Crippen molar-refractivity contribution in [2.75, 3.05) is 5.32 Å². The maximum atomic E-state index is 12.7. The van der Waals surface area contributed by atoms with Crippen LogP contribution in [0.25, 0.3) is 0 Å². The monoisotopic (exact) mass is 381 g/mol. The van der Waals surface area contributed by atoms with Crippen LogP contribution in [0.15, 0.2) is 48.5 Å². The quantitative estimate of drug-likeness (QED) is 0.775. The molecule has 2 aromatic rings. The van der Waals surface area contributed by atoms with E-state index in [0.717, 1.165) is 12.1 Å². The van der Waals surface area contributed by atoms with Gasteiger partial charge in [0.15, 0.2) is 6.10 Å². The maximum Gasteiger partial charge on any atom is 0.416 e. The lowest BCUT2D eigenvalue weighted by Crippen LogP contribution is -2.32. The zero-order valence-electron chi connectivity index (χ0n) is 14.6. The summed E-state index contributed by atoms with van der Waals surface area (Å²) in [6.07, 6.45) is -5.54. The number of nitrogens with one attached hydrogen (secondary N) is 1. The Morgan fingerprint density at radius 2 is 1.70 bits per heavy atom. The van der Waals surface area contributed by atoms with Crippen LogP contribution in [0, 0.1) is 5.92 Å². The number of rotatable bonds is 6. The minimum Gasteiger partial charge on any atom is -0.478 e. The molecule has 1 atom stereocenters. The van der Waals surface area contributed by atoms with Gasteiger partial charge in [-0.15, -0.1) is 0 Å². The fraction of sp³-hybridized carbons (Fsp3) is 0.263. The number of hydrogen-bond donors (Lipinski definition) is 2. The van der Waals surface area contributed by atoms with Gasteiger partial charge in [0, 0.05) is 17.2 Å². The number of anilines is 1. The number of carboxylic acid groups (broad SMARTS) is 1. The molecule has 2 N–H and O–H groups in total. The van der Waals surface area contributed by atoms with E-state index in [0.29, 0.717) is 0 Å². The Morgan fingerprint density at radius 3 is 2.22 bits per heavy atom. The molecule has 0 aliphatic heterocycles. The molecule has 5 nitrogen and oxygen atoms in total. The van der Waals surface area contributed by atoms with Crippen LogP contribution in [0.1, 0.15) is 29.8 Å². The summed E-state index contributed by atoms with van der Waals surface area (Å²) in [7, 11) is 0. The molecule has 27 heavy (non-hydrogen) atoms. The normalized spacial score (nSPS) is 12.5. The number of carbonyl (C=O) groups is 2. The second kappa shape index (κ2) is 8.11. The predicted molar refractivity (Wildman–Crippen MR) is 92.7 cm³/mol. The highest BCUT2D eigenvalue weighted by Gasteiger charge is 2.30. The Labute approximate surface area is 153 Å². The SMILES string of the molecule is CC(C)C(Oc1ccc(C(=O)Nc2cccc(C(F)(F)F)c2)cc1)C(=O)O. The summed E-state index contributed by atoms with van der Waals surface area (Å²) < 4.78 is 43.6. The van der Waals surface area contributed by atoms with Crippen molar-refractivity contribution in [3.8, 4) is 5.75 Å². The minimum atomic E-state index is -4.50. The van der Waals surface area contributed by atoms with Gasteiger partial charge in [0.05, 0.1) is 5.56 Å². The Kier molecular flexibility index (Phi) is 6.09. The highest BCUT2D eigenvalue weighted by molar-refractivity contribution is 6.04. The van der Waals surface area contributed by atoms with Gasteiger partial charge < -0.3 is 15.2 Å². The molecule has 0 saturated carbocycles. The lowest BCUT2D eigenvalue weighted by molar-refractivity contribution is -0.147. The van der Waals surface area contributed by atoms with Gasteiger partial charge in [0.2, 0.25) is 0 Å². The Balaban J connectivity index is 2.09. The molecule has 0 aliphatic rings. The number of halogens is 3. The van der Waals surface area contributed by atoms with E-state index < -0.39 is 29.7 Å². The molecule has 2 aromatic carbocycles. The Morgan fingerprint density at radius 1 is 1.07 bits per heavy atom. The zero-order valence-corrected chi connectivity index (χ0v) is 14.6. The summed E-state index contributed by atoms with van der Waals surface area (Å²) in [6, 6.07) is 9.97. The highest BCUT2D eigenvalue weighted by atomic mass is 19.4. The average molecular weight is 381 g/mol. The number of hydrogen-bond acceptors (Lipinski definition) is 3. The van der Waals surface area contributed by atoms with Gasteiger partial charge in [-0.3, -0.25) is 4.79 Å². The van der Waals surface area contributed by atoms with E-state index >= 15 is 0 Å². The van der Waals surface area contributed by atoms with Crippen LogP contribution < -0.4 is 10.1 Å². The summed E-state index contributed by atoms with van der Waals surface area (Å²) in [5.74, 6) is -1.69. The van der Waals surface area contributed by atoms with Gasteiger partial charge in [-0.05, 0) is 42.5 Å². The summed E-state index contributed by atoms with van der Waals surface area (Å²) in [4.78, 5) is 23.4. The summed E-state index contributed by atoms with van der Waals surface area (Å²) in [6.45, 7) is 3.41. The van der Waals surface area contributed by atoms with Gasteiger partial charge in [-0.2, -0.15) is 13.2 Å². The highest BCUT2D eigenvalue weighted by Crippen LogP contribution is 2.30. The number of alkyl halides is 3. The van der Waals surface area contributed by atoms with E-state index in [1.165, 1.54) is 36.4 Å². The first-order chi connectivity index (χ1) is 12.6. The first-order valence-electron chi connectivity index (χ1n) is 8.06. The third kappa shape index (κ3) is 5.47. The Hall–Kier alpha value is -3.03. The van der Waals surface area contributed by atoms with Crippen molar-refractivity contribution in [1.29, 1.82) is 0 Å². The Bertz CT molecular complexity index is 816. The average Bonchev–Trinajstić information content (AvgIpc) is 2.59. The molecular formula is C19H18F3NO4. The van der Waals surface area contributed by atoms with Crippen molar-refractivity contribution in [3.63, 3.8) is 0 Å². The largest absolute Gasteiger partial charge is 0.478 e. The summed E-state index contributed by atoms with van der Waals surface area (Å²) >= 11 is 0. The van der Waals surface area contributed by atoms with Crippen LogP contribution in [0.2, 0.25) is 0 Å². The number of ether oxygens (including phenoxy) is 1. The molecule has 1 unspecified atom stereocenters. The van der Waals surface area contributed by atoms with E-state index in [1.807, 2.05) is 0 Å². The summed E-state index contributed by atoms with van der Waals surface area (Å²) in [5, 5.41) is 11.5. The number of aliphatic carboxylic acids is 1. The maximum absolute atomic E-state index is 12.7. The molecule has 0 heterocycles. The number of carbonyl (C=O) groups excluding carboxylic acids is 1. The lowest BCUT2D eigenvalue weighted by Gasteiger charge is -2.18. The van der Waals surface area contributed by atoms with Crippen molar-refractivity contribution in [1.82, 2.24) is 0 Å². The van der Waals surface area contributed by atoms with Crippen molar-refractivity contribution < 1.29 is 32.6 Å². The lowest BCUT2D eigenvalue weighted by atomic mass is 10.1.